The number of rotatable bonds is 3. The minimum Gasteiger partial charge on any atom is -0.497 e. The van der Waals surface area contributed by atoms with Crippen LogP contribution in [0.3, 0.4) is 0 Å². The maximum Gasteiger partial charge on any atom is 0.152 e. The molecule has 0 fully saturated rings. The summed E-state index contributed by atoms with van der Waals surface area (Å²) in [5.41, 5.74) is 3.87. The molecule has 1 aliphatic carbocycles. The molecule has 0 spiro atoms. The molecule has 2 aliphatic rings. The van der Waals surface area contributed by atoms with Gasteiger partial charge in [0.2, 0.25) is 0 Å². The van der Waals surface area contributed by atoms with E-state index >= 15 is 0 Å². The molecule has 0 amide bonds. The molecule has 3 nitrogen and oxygen atoms in total. The molecule has 1 aromatic heterocycles. The zero-order valence-electron chi connectivity index (χ0n) is 15.4. The average Bonchev–Trinajstić information content (AvgIpc) is 3.11. The first-order valence-electron chi connectivity index (χ1n) is 9.51. The number of benzene rings is 2. The highest BCUT2D eigenvalue weighted by Crippen LogP contribution is 2.32. The third-order valence-corrected chi connectivity index (χ3v) is 6.65. The Labute approximate surface area is 163 Å². The van der Waals surface area contributed by atoms with Crippen molar-refractivity contribution in [3.05, 3.63) is 80.5 Å². The number of para-hydroxylation sites is 1. The minimum atomic E-state index is -0.0501. The zero-order valence-corrected chi connectivity index (χ0v) is 16.2. The number of ether oxygens (including phenoxy) is 1. The van der Waals surface area contributed by atoms with Crippen molar-refractivity contribution in [1.82, 2.24) is 0 Å². The van der Waals surface area contributed by atoms with Gasteiger partial charge in [-0.15, -0.1) is 11.3 Å². The first kappa shape index (κ1) is 16.6. The van der Waals surface area contributed by atoms with Gasteiger partial charge in [-0.2, -0.15) is 0 Å². The molecule has 1 unspecified atom stereocenters. The summed E-state index contributed by atoms with van der Waals surface area (Å²) < 4.78 is 6.52. The maximum absolute atomic E-state index is 5.33. The first-order chi connectivity index (χ1) is 13.3. The van der Waals surface area contributed by atoms with Crippen LogP contribution in [-0.4, -0.2) is 7.11 Å². The van der Waals surface area contributed by atoms with Crippen molar-refractivity contribution in [3.63, 3.8) is 0 Å². The number of hydrogen-bond donors (Lipinski definition) is 0. The molecule has 5 rings (SSSR count). The highest BCUT2D eigenvalue weighted by molar-refractivity contribution is 7.09. The predicted octanol–water partition coefficient (Wildman–Crippen LogP) is 4.21. The summed E-state index contributed by atoms with van der Waals surface area (Å²) in [5, 5.41) is 1.34. The smallest absolute Gasteiger partial charge is 0.152 e. The fraction of sp³-hybridized carbons (Fsp3) is 0.261. The molecule has 2 heterocycles. The largest absolute Gasteiger partial charge is 0.497 e. The highest BCUT2D eigenvalue weighted by Gasteiger charge is 2.25. The van der Waals surface area contributed by atoms with Crippen molar-refractivity contribution < 1.29 is 4.74 Å². The van der Waals surface area contributed by atoms with Crippen LogP contribution in [0.25, 0.3) is 6.20 Å². The minimum absolute atomic E-state index is 0.0501. The lowest BCUT2D eigenvalue weighted by Gasteiger charge is -2.30. The second-order valence-electron chi connectivity index (χ2n) is 7.08. The van der Waals surface area contributed by atoms with Gasteiger partial charge in [-0.25, -0.2) is 4.99 Å². The van der Waals surface area contributed by atoms with Gasteiger partial charge in [-0.05, 0) is 61.1 Å². The van der Waals surface area contributed by atoms with Gasteiger partial charge in [0.1, 0.15) is 10.4 Å². The van der Waals surface area contributed by atoms with Gasteiger partial charge in [0, 0.05) is 22.0 Å². The lowest BCUT2D eigenvalue weighted by atomic mass is 9.98. The fourth-order valence-electron chi connectivity index (χ4n) is 4.01. The van der Waals surface area contributed by atoms with Crippen molar-refractivity contribution in [2.75, 3.05) is 12.0 Å². The van der Waals surface area contributed by atoms with Crippen LogP contribution in [0, 0.1) is 0 Å². The van der Waals surface area contributed by atoms with Gasteiger partial charge in [-0.1, -0.05) is 30.3 Å². The van der Waals surface area contributed by atoms with Crippen LogP contribution in [0.4, 0.5) is 5.69 Å². The molecule has 0 saturated heterocycles. The van der Waals surface area contributed by atoms with E-state index in [1.165, 1.54) is 57.3 Å². The van der Waals surface area contributed by atoms with E-state index in [0.717, 1.165) is 5.75 Å². The molecule has 0 saturated carbocycles. The second-order valence-corrected chi connectivity index (χ2v) is 8.16. The molecule has 1 atom stereocenters. The number of fused-ring (bicyclic) bond motifs is 3. The van der Waals surface area contributed by atoms with Crippen molar-refractivity contribution >= 4 is 23.2 Å². The molecule has 136 valence electrons. The van der Waals surface area contributed by atoms with Gasteiger partial charge in [-0.3, -0.25) is 0 Å². The molecule has 0 radical (unpaired) electrons. The Morgan fingerprint density at radius 2 is 1.78 bits per heavy atom. The quantitative estimate of drug-likeness (QED) is 0.686. The van der Waals surface area contributed by atoms with Crippen LogP contribution < -0.4 is 19.5 Å². The zero-order chi connectivity index (χ0) is 18.2. The summed E-state index contributed by atoms with van der Waals surface area (Å²) in [6.45, 7) is 0. The predicted molar refractivity (Wildman–Crippen MR) is 111 cm³/mol. The summed E-state index contributed by atoms with van der Waals surface area (Å²) >= 11 is 1.89. The molecular formula is C23H22N2OS. The molecule has 2 aromatic carbocycles. The molecule has 27 heavy (non-hydrogen) atoms. The van der Waals surface area contributed by atoms with Gasteiger partial charge in [0.05, 0.1) is 7.11 Å². The van der Waals surface area contributed by atoms with Crippen molar-refractivity contribution in [1.29, 1.82) is 0 Å². The summed E-state index contributed by atoms with van der Waals surface area (Å²) in [4.78, 5) is 9.05. The summed E-state index contributed by atoms with van der Waals surface area (Å²) in [7, 11) is 1.70. The fourth-order valence-corrected chi connectivity index (χ4v) is 5.27. The number of anilines is 1. The summed E-state index contributed by atoms with van der Waals surface area (Å²) in [6.07, 6.45) is 7.25. The van der Waals surface area contributed by atoms with Crippen molar-refractivity contribution in [2.24, 2.45) is 4.99 Å². The Bertz CT molecular complexity index is 1070. The Morgan fingerprint density at radius 3 is 2.56 bits per heavy atom. The highest BCUT2D eigenvalue weighted by atomic mass is 32.1. The van der Waals surface area contributed by atoms with E-state index in [4.69, 9.17) is 9.73 Å². The van der Waals surface area contributed by atoms with E-state index in [1.54, 1.807) is 7.11 Å². The third kappa shape index (κ3) is 2.94. The summed E-state index contributed by atoms with van der Waals surface area (Å²) in [5.74, 6) is 0.872. The molecular weight excluding hydrogens is 352 g/mol. The topological polar surface area (TPSA) is 24.8 Å². The lowest BCUT2D eigenvalue weighted by Crippen LogP contribution is -2.37. The molecule has 3 aromatic rings. The average molecular weight is 375 g/mol. The van der Waals surface area contributed by atoms with Gasteiger partial charge in [0.15, 0.2) is 6.17 Å². The number of methoxy groups -OCH3 is 1. The molecule has 0 bridgehead atoms. The van der Waals surface area contributed by atoms with Crippen LogP contribution in [0.5, 0.6) is 5.75 Å². The van der Waals surface area contributed by atoms with Crippen LogP contribution in [0.2, 0.25) is 0 Å². The number of aryl methyl sites for hydroxylation is 1. The normalized spacial score (nSPS) is 18.1. The maximum atomic E-state index is 5.33. The van der Waals surface area contributed by atoms with E-state index in [-0.39, 0.29) is 6.17 Å². The first-order valence-corrected chi connectivity index (χ1v) is 10.3. The van der Waals surface area contributed by atoms with Crippen LogP contribution >= 0.6 is 11.3 Å². The van der Waals surface area contributed by atoms with Crippen molar-refractivity contribution in [3.8, 4) is 5.75 Å². The van der Waals surface area contributed by atoms with Gasteiger partial charge < -0.3 is 9.64 Å². The Hall–Kier alpha value is -2.59. The number of hydrogen-bond acceptors (Lipinski definition) is 4. The third-order valence-electron chi connectivity index (χ3n) is 5.43. The Morgan fingerprint density at radius 1 is 1.00 bits per heavy atom. The number of nitrogens with zero attached hydrogens (tertiary/aromatic N) is 2. The SMILES string of the molecule is COc1ccc(C2N=c3sc4c(c3=CN2c2ccccc2)CCCC4)cc1. The number of thiophene rings is 1. The van der Waals surface area contributed by atoms with Gasteiger partial charge in [0.25, 0.3) is 0 Å². The lowest BCUT2D eigenvalue weighted by molar-refractivity contribution is 0.414. The monoisotopic (exact) mass is 374 g/mol. The Balaban J connectivity index is 1.68. The van der Waals surface area contributed by atoms with E-state index in [1.807, 2.05) is 23.5 Å². The van der Waals surface area contributed by atoms with Crippen LogP contribution in [-0.2, 0) is 12.8 Å². The van der Waals surface area contributed by atoms with E-state index < -0.39 is 0 Å². The van der Waals surface area contributed by atoms with E-state index in [0.29, 0.717) is 0 Å². The Kier molecular flexibility index (Phi) is 4.21. The molecule has 1 aliphatic heterocycles. The molecule has 4 heteroatoms. The summed E-state index contributed by atoms with van der Waals surface area (Å²) in [6, 6.07) is 18.8. The van der Waals surface area contributed by atoms with Gasteiger partial charge >= 0.3 is 0 Å². The van der Waals surface area contributed by atoms with E-state index in [2.05, 4.69) is 53.6 Å². The van der Waals surface area contributed by atoms with Crippen molar-refractivity contribution in [2.45, 2.75) is 31.8 Å². The molecule has 0 N–H and O–H groups in total. The van der Waals surface area contributed by atoms with Crippen LogP contribution in [0.15, 0.2) is 59.6 Å². The van der Waals surface area contributed by atoms with Crippen LogP contribution in [0.1, 0.15) is 35.0 Å². The van der Waals surface area contributed by atoms with E-state index in [9.17, 15) is 0 Å². The standard InChI is InChI=1S/C23H22N2OS/c1-26-18-13-11-16(12-14-18)22-24-23-20(19-9-5-6-10-21(19)27-23)15-25(22)17-7-3-2-4-8-17/h2-4,7-8,11-15,22H,5-6,9-10H2,1H3. The second kappa shape index (κ2) is 6.86.